The van der Waals surface area contributed by atoms with E-state index in [9.17, 15) is 9.59 Å². The van der Waals surface area contributed by atoms with Crippen LogP contribution in [0.15, 0.2) is 18.2 Å². The summed E-state index contributed by atoms with van der Waals surface area (Å²) < 4.78 is 5.25. The predicted octanol–water partition coefficient (Wildman–Crippen LogP) is 2.37. The summed E-state index contributed by atoms with van der Waals surface area (Å²) in [6, 6.07) is 5.64. The number of hydrogen-bond donors (Lipinski definition) is 0. The van der Waals surface area contributed by atoms with E-state index in [2.05, 4.69) is 13.8 Å². The molecule has 0 unspecified atom stereocenters. The van der Waals surface area contributed by atoms with Crippen LogP contribution in [0.5, 0.6) is 5.75 Å². The van der Waals surface area contributed by atoms with Crippen molar-refractivity contribution in [1.29, 1.82) is 0 Å². The Balaban J connectivity index is 2.17. The Morgan fingerprint density at radius 3 is 2.59 bits per heavy atom. The highest BCUT2D eigenvalue weighted by atomic mass is 16.5. The highest BCUT2D eigenvalue weighted by Gasteiger charge is 2.27. The van der Waals surface area contributed by atoms with Crippen LogP contribution in [0, 0.1) is 6.92 Å². The standard InChI is InChI=1S/C17H24N2O3/c1-4-8-18(9-5-2)16(20)11-19-12-17(21)22-15-7-6-13(3)10-14(15)19/h6-7,10H,4-5,8-9,11-12H2,1-3H3. The van der Waals surface area contributed by atoms with Crippen molar-refractivity contribution >= 4 is 17.6 Å². The van der Waals surface area contributed by atoms with Gasteiger partial charge in [0, 0.05) is 13.1 Å². The van der Waals surface area contributed by atoms with E-state index in [0.717, 1.165) is 37.2 Å². The quantitative estimate of drug-likeness (QED) is 0.598. The number of carbonyl (C=O) groups excluding carboxylic acids is 2. The molecule has 0 atom stereocenters. The number of rotatable bonds is 6. The molecule has 0 N–H and O–H groups in total. The molecule has 1 amide bonds. The average molecular weight is 304 g/mol. The second kappa shape index (κ2) is 7.29. The third-order valence-electron chi connectivity index (χ3n) is 3.66. The van der Waals surface area contributed by atoms with Crippen molar-refractivity contribution in [3.8, 4) is 5.75 Å². The third-order valence-corrected chi connectivity index (χ3v) is 3.66. The number of anilines is 1. The van der Waals surface area contributed by atoms with Crippen molar-refractivity contribution in [2.24, 2.45) is 0 Å². The number of benzene rings is 1. The number of esters is 1. The molecule has 0 fully saturated rings. The molecule has 0 aliphatic carbocycles. The van der Waals surface area contributed by atoms with Crippen LogP contribution in [0.3, 0.4) is 0 Å². The van der Waals surface area contributed by atoms with E-state index in [1.54, 1.807) is 6.07 Å². The lowest BCUT2D eigenvalue weighted by atomic mass is 10.1. The van der Waals surface area contributed by atoms with Gasteiger partial charge in [-0.05, 0) is 37.5 Å². The fourth-order valence-corrected chi connectivity index (χ4v) is 2.66. The number of aryl methyl sites for hydroxylation is 1. The highest BCUT2D eigenvalue weighted by Crippen LogP contribution is 2.32. The van der Waals surface area contributed by atoms with E-state index in [-0.39, 0.29) is 25.0 Å². The summed E-state index contributed by atoms with van der Waals surface area (Å²) in [5.74, 6) is 0.278. The molecule has 1 aromatic rings. The zero-order valence-corrected chi connectivity index (χ0v) is 13.6. The summed E-state index contributed by atoms with van der Waals surface area (Å²) in [7, 11) is 0. The number of ether oxygens (including phenoxy) is 1. The average Bonchev–Trinajstić information content (AvgIpc) is 2.47. The second-order valence-electron chi connectivity index (χ2n) is 5.68. The Labute approximate surface area is 131 Å². The van der Waals surface area contributed by atoms with E-state index in [1.807, 2.05) is 28.9 Å². The van der Waals surface area contributed by atoms with Crippen molar-refractivity contribution in [1.82, 2.24) is 4.90 Å². The van der Waals surface area contributed by atoms with Crippen LogP contribution in [-0.2, 0) is 9.59 Å². The van der Waals surface area contributed by atoms with Gasteiger partial charge in [0.05, 0.1) is 12.2 Å². The maximum atomic E-state index is 12.5. The molecule has 1 heterocycles. The Kier molecular flexibility index (Phi) is 5.41. The lowest BCUT2D eigenvalue weighted by Gasteiger charge is -2.31. The fourth-order valence-electron chi connectivity index (χ4n) is 2.66. The summed E-state index contributed by atoms with van der Waals surface area (Å²) in [6.07, 6.45) is 1.87. The molecule has 5 nitrogen and oxygen atoms in total. The Morgan fingerprint density at radius 1 is 1.27 bits per heavy atom. The van der Waals surface area contributed by atoms with Gasteiger partial charge in [0.2, 0.25) is 5.91 Å². The topological polar surface area (TPSA) is 49.9 Å². The maximum absolute atomic E-state index is 12.5. The van der Waals surface area contributed by atoms with Gasteiger partial charge in [0.1, 0.15) is 6.54 Å². The van der Waals surface area contributed by atoms with Gasteiger partial charge in [0.25, 0.3) is 0 Å². The normalized spacial score (nSPS) is 13.6. The van der Waals surface area contributed by atoms with Gasteiger partial charge in [-0.25, -0.2) is 4.79 Å². The van der Waals surface area contributed by atoms with Crippen molar-refractivity contribution in [2.45, 2.75) is 33.6 Å². The molecular weight excluding hydrogens is 280 g/mol. The molecule has 1 aliphatic rings. The lowest BCUT2D eigenvalue weighted by molar-refractivity contribution is -0.133. The predicted molar refractivity (Wildman–Crippen MR) is 86.2 cm³/mol. The SMILES string of the molecule is CCCN(CCC)C(=O)CN1CC(=O)Oc2ccc(C)cc21. The van der Waals surface area contributed by atoms with Gasteiger partial charge in [-0.1, -0.05) is 19.9 Å². The smallest absolute Gasteiger partial charge is 0.331 e. The highest BCUT2D eigenvalue weighted by molar-refractivity contribution is 5.89. The monoisotopic (exact) mass is 304 g/mol. The number of carbonyl (C=O) groups is 2. The minimum Gasteiger partial charge on any atom is -0.423 e. The third kappa shape index (κ3) is 3.78. The number of fused-ring (bicyclic) bond motifs is 1. The summed E-state index contributed by atoms with van der Waals surface area (Å²) >= 11 is 0. The molecule has 5 heteroatoms. The van der Waals surface area contributed by atoms with E-state index in [1.165, 1.54) is 0 Å². The molecule has 0 aromatic heterocycles. The van der Waals surface area contributed by atoms with E-state index >= 15 is 0 Å². The molecule has 2 rings (SSSR count). The van der Waals surface area contributed by atoms with Crippen LogP contribution in [0.25, 0.3) is 0 Å². The fraction of sp³-hybridized carbons (Fsp3) is 0.529. The Morgan fingerprint density at radius 2 is 1.95 bits per heavy atom. The molecule has 0 bridgehead atoms. The molecule has 0 saturated heterocycles. The minimum absolute atomic E-state index is 0.0610. The summed E-state index contributed by atoms with van der Waals surface area (Å²) in [5, 5.41) is 0. The molecule has 1 aromatic carbocycles. The van der Waals surface area contributed by atoms with E-state index < -0.39 is 0 Å². The van der Waals surface area contributed by atoms with Crippen molar-refractivity contribution in [3.63, 3.8) is 0 Å². The molecule has 22 heavy (non-hydrogen) atoms. The molecule has 120 valence electrons. The summed E-state index contributed by atoms with van der Waals surface area (Å²) in [4.78, 5) is 27.9. The van der Waals surface area contributed by atoms with Crippen LogP contribution in [0.4, 0.5) is 5.69 Å². The summed E-state index contributed by atoms with van der Waals surface area (Å²) in [6.45, 7) is 7.95. The number of nitrogens with zero attached hydrogens (tertiary/aromatic N) is 2. The van der Waals surface area contributed by atoms with Crippen LogP contribution >= 0.6 is 0 Å². The zero-order chi connectivity index (χ0) is 16.1. The molecule has 0 radical (unpaired) electrons. The summed E-state index contributed by atoms with van der Waals surface area (Å²) in [5.41, 5.74) is 1.90. The largest absolute Gasteiger partial charge is 0.423 e. The van der Waals surface area contributed by atoms with Crippen LogP contribution in [0.1, 0.15) is 32.3 Å². The molecule has 0 saturated carbocycles. The molecule has 0 spiro atoms. The lowest BCUT2D eigenvalue weighted by Crippen LogP contribution is -2.45. The number of hydrogen-bond acceptors (Lipinski definition) is 4. The van der Waals surface area contributed by atoms with Crippen molar-refractivity contribution in [2.75, 3.05) is 31.1 Å². The van der Waals surface area contributed by atoms with Crippen LogP contribution in [0.2, 0.25) is 0 Å². The van der Waals surface area contributed by atoms with Gasteiger partial charge >= 0.3 is 5.97 Å². The van der Waals surface area contributed by atoms with E-state index in [4.69, 9.17) is 4.74 Å². The van der Waals surface area contributed by atoms with E-state index in [0.29, 0.717) is 5.75 Å². The van der Waals surface area contributed by atoms with Gasteiger partial charge in [0.15, 0.2) is 5.75 Å². The van der Waals surface area contributed by atoms with Gasteiger partial charge < -0.3 is 14.5 Å². The van der Waals surface area contributed by atoms with Crippen molar-refractivity contribution < 1.29 is 14.3 Å². The Hall–Kier alpha value is -2.04. The first kappa shape index (κ1) is 16.3. The number of amides is 1. The van der Waals surface area contributed by atoms with Crippen LogP contribution in [-0.4, -0.2) is 43.0 Å². The first-order chi connectivity index (χ1) is 10.5. The Bertz CT molecular complexity index is 551. The van der Waals surface area contributed by atoms with Gasteiger partial charge in [-0.3, -0.25) is 4.79 Å². The first-order valence-electron chi connectivity index (χ1n) is 7.89. The molecular formula is C17H24N2O3. The van der Waals surface area contributed by atoms with Crippen molar-refractivity contribution in [3.05, 3.63) is 23.8 Å². The maximum Gasteiger partial charge on any atom is 0.331 e. The zero-order valence-electron chi connectivity index (χ0n) is 13.6. The second-order valence-corrected chi connectivity index (χ2v) is 5.68. The molecule has 1 aliphatic heterocycles. The first-order valence-corrected chi connectivity index (χ1v) is 7.89. The van der Waals surface area contributed by atoms with Gasteiger partial charge in [-0.15, -0.1) is 0 Å². The minimum atomic E-state index is -0.318. The van der Waals surface area contributed by atoms with Crippen LogP contribution < -0.4 is 9.64 Å². The van der Waals surface area contributed by atoms with Gasteiger partial charge in [-0.2, -0.15) is 0 Å².